The van der Waals surface area contributed by atoms with Crippen LogP contribution in [0.15, 0.2) is 79.0 Å². The van der Waals surface area contributed by atoms with E-state index in [1.54, 1.807) is 0 Å². The van der Waals surface area contributed by atoms with Crippen LogP contribution in [0.1, 0.15) is 11.1 Å². The number of fused-ring (bicyclic) bond motifs is 1. The molecule has 140 valence electrons. The Hall–Kier alpha value is -3.44. The predicted octanol–water partition coefficient (Wildman–Crippen LogP) is 4.47. The molecule has 0 aliphatic carbocycles. The molecule has 1 amide bonds. The second kappa shape index (κ2) is 8.06. The molecule has 5 heteroatoms. The highest BCUT2D eigenvalue weighted by atomic mass is 16.5. The molecular formula is C23H21N3O2. The van der Waals surface area contributed by atoms with Crippen LogP contribution in [0.5, 0.6) is 0 Å². The Morgan fingerprint density at radius 3 is 2.46 bits per heavy atom. The molecule has 0 bridgehead atoms. The largest absolute Gasteiger partial charge is 0.367 e. The fraction of sp³-hybridized carbons (Fsp3) is 0.130. The van der Waals surface area contributed by atoms with E-state index in [1.807, 2.05) is 90.3 Å². The minimum absolute atomic E-state index is 0.0256. The molecule has 0 aliphatic rings. The molecule has 2 aromatic heterocycles. The summed E-state index contributed by atoms with van der Waals surface area (Å²) >= 11 is 0. The number of pyridine rings is 1. The smallest absolute Gasteiger partial charge is 0.251 e. The zero-order valence-corrected chi connectivity index (χ0v) is 15.6. The summed E-state index contributed by atoms with van der Waals surface area (Å²) in [5.74, 6) is 0.439. The second-order valence-electron chi connectivity index (χ2n) is 6.59. The Kier molecular flexibility index (Phi) is 5.17. The van der Waals surface area contributed by atoms with Crippen LogP contribution in [-0.2, 0) is 16.1 Å². The summed E-state index contributed by atoms with van der Waals surface area (Å²) in [5.41, 5.74) is 4.59. The number of nitrogens with one attached hydrogen (secondary N) is 1. The molecule has 1 N–H and O–H groups in total. The van der Waals surface area contributed by atoms with Gasteiger partial charge in [-0.3, -0.25) is 9.20 Å². The SMILES string of the molecule is Cc1cccn2c(NC(=O)COCc3ccccc3)c(-c3ccccc3)nc12. The zero-order valence-electron chi connectivity index (χ0n) is 15.6. The molecule has 4 aromatic rings. The maximum Gasteiger partial charge on any atom is 0.251 e. The maximum absolute atomic E-state index is 12.5. The van der Waals surface area contributed by atoms with Crippen LogP contribution in [0.3, 0.4) is 0 Å². The molecule has 0 radical (unpaired) electrons. The molecule has 5 nitrogen and oxygen atoms in total. The van der Waals surface area contributed by atoms with Crippen LogP contribution in [-0.4, -0.2) is 21.9 Å². The number of aryl methyl sites for hydroxylation is 1. The molecule has 4 rings (SSSR count). The van der Waals surface area contributed by atoms with Crippen molar-refractivity contribution in [2.75, 3.05) is 11.9 Å². The standard InChI is InChI=1S/C23H21N3O2/c1-17-9-8-14-26-22(17)25-21(19-12-6-3-7-13-19)23(26)24-20(27)16-28-15-18-10-4-2-5-11-18/h2-14H,15-16H2,1H3,(H,24,27). The highest BCUT2D eigenvalue weighted by Gasteiger charge is 2.17. The number of nitrogens with zero attached hydrogens (tertiary/aromatic N) is 2. The quantitative estimate of drug-likeness (QED) is 0.544. The number of anilines is 1. The molecule has 2 heterocycles. The van der Waals surface area contributed by atoms with E-state index in [4.69, 9.17) is 9.72 Å². The number of carbonyl (C=O) groups is 1. The van der Waals surface area contributed by atoms with Gasteiger partial charge in [0.05, 0.1) is 6.61 Å². The van der Waals surface area contributed by atoms with E-state index in [2.05, 4.69) is 5.32 Å². The van der Waals surface area contributed by atoms with Gasteiger partial charge in [-0.15, -0.1) is 0 Å². The monoisotopic (exact) mass is 371 g/mol. The topological polar surface area (TPSA) is 55.6 Å². The first-order valence-corrected chi connectivity index (χ1v) is 9.17. The minimum Gasteiger partial charge on any atom is -0.367 e. The van der Waals surface area contributed by atoms with E-state index in [1.165, 1.54) is 0 Å². The summed E-state index contributed by atoms with van der Waals surface area (Å²) in [6.45, 7) is 2.37. The van der Waals surface area contributed by atoms with E-state index < -0.39 is 0 Å². The average molecular weight is 371 g/mol. The van der Waals surface area contributed by atoms with Gasteiger partial charge in [-0.05, 0) is 24.1 Å². The third kappa shape index (κ3) is 3.80. The van der Waals surface area contributed by atoms with Crippen LogP contribution in [0, 0.1) is 6.92 Å². The average Bonchev–Trinajstić information content (AvgIpc) is 3.09. The van der Waals surface area contributed by atoms with Crippen molar-refractivity contribution in [3.05, 3.63) is 90.1 Å². The summed E-state index contributed by atoms with van der Waals surface area (Å²) in [6.07, 6.45) is 1.90. The Balaban J connectivity index is 1.57. The highest BCUT2D eigenvalue weighted by Crippen LogP contribution is 2.29. The van der Waals surface area contributed by atoms with Gasteiger partial charge in [0.1, 0.15) is 23.8 Å². The van der Waals surface area contributed by atoms with Crippen molar-refractivity contribution in [1.29, 1.82) is 0 Å². The van der Waals surface area contributed by atoms with Crippen molar-refractivity contribution < 1.29 is 9.53 Å². The third-order valence-corrected chi connectivity index (χ3v) is 4.49. The van der Waals surface area contributed by atoms with Gasteiger partial charge in [0, 0.05) is 11.8 Å². The third-order valence-electron chi connectivity index (χ3n) is 4.49. The normalized spacial score (nSPS) is 10.9. The maximum atomic E-state index is 12.5. The van der Waals surface area contributed by atoms with E-state index >= 15 is 0 Å². The Labute approximate surface area is 163 Å². The van der Waals surface area contributed by atoms with Gasteiger partial charge < -0.3 is 10.1 Å². The Bertz CT molecular complexity index is 1090. The summed E-state index contributed by atoms with van der Waals surface area (Å²) in [4.78, 5) is 17.3. The number of hydrogen-bond donors (Lipinski definition) is 1. The number of hydrogen-bond acceptors (Lipinski definition) is 3. The van der Waals surface area contributed by atoms with Gasteiger partial charge in [-0.1, -0.05) is 66.7 Å². The lowest BCUT2D eigenvalue weighted by atomic mass is 10.1. The van der Waals surface area contributed by atoms with E-state index in [0.717, 1.165) is 28.0 Å². The first kappa shape index (κ1) is 17.9. The van der Waals surface area contributed by atoms with E-state index in [9.17, 15) is 4.79 Å². The fourth-order valence-corrected chi connectivity index (χ4v) is 3.12. The number of imidazole rings is 1. The Morgan fingerprint density at radius 1 is 1.00 bits per heavy atom. The molecule has 0 saturated carbocycles. The van der Waals surface area contributed by atoms with Crippen LogP contribution < -0.4 is 5.32 Å². The molecule has 0 atom stereocenters. The molecule has 2 aromatic carbocycles. The summed E-state index contributed by atoms with van der Waals surface area (Å²) < 4.78 is 7.48. The number of aromatic nitrogens is 2. The summed E-state index contributed by atoms with van der Waals surface area (Å²) in [7, 11) is 0. The zero-order chi connectivity index (χ0) is 19.3. The van der Waals surface area contributed by atoms with E-state index in [-0.39, 0.29) is 12.5 Å². The van der Waals surface area contributed by atoms with Crippen LogP contribution in [0.4, 0.5) is 5.82 Å². The number of ether oxygens (including phenoxy) is 1. The van der Waals surface area contributed by atoms with Gasteiger partial charge in [0.2, 0.25) is 0 Å². The molecule has 0 spiro atoms. The second-order valence-corrected chi connectivity index (χ2v) is 6.59. The first-order chi connectivity index (χ1) is 13.7. The molecular weight excluding hydrogens is 350 g/mol. The fourth-order valence-electron chi connectivity index (χ4n) is 3.12. The van der Waals surface area contributed by atoms with Crippen molar-refractivity contribution in [3.8, 4) is 11.3 Å². The first-order valence-electron chi connectivity index (χ1n) is 9.17. The number of amides is 1. The molecule has 0 saturated heterocycles. The molecule has 28 heavy (non-hydrogen) atoms. The lowest BCUT2D eigenvalue weighted by Crippen LogP contribution is -2.19. The van der Waals surface area contributed by atoms with E-state index in [0.29, 0.717) is 12.4 Å². The predicted molar refractivity (Wildman–Crippen MR) is 110 cm³/mol. The van der Waals surface area contributed by atoms with Crippen LogP contribution in [0.25, 0.3) is 16.9 Å². The van der Waals surface area contributed by atoms with Gasteiger partial charge in [-0.25, -0.2) is 4.98 Å². The lowest BCUT2D eigenvalue weighted by molar-refractivity contribution is -0.121. The number of carbonyl (C=O) groups excluding carboxylic acids is 1. The number of benzene rings is 2. The van der Waals surface area contributed by atoms with Gasteiger partial charge in [-0.2, -0.15) is 0 Å². The summed E-state index contributed by atoms with van der Waals surface area (Å²) in [6, 6.07) is 23.6. The van der Waals surface area contributed by atoms with Gasteiger partial charge in [0.15, 0.2) is 0 Å². The van der Waals surface area contributed by atoms with Crippen LogP contribution in [0.2, 0.25) is 0 Å². The Morgan fingerprint density at radius 2 is 1.71 bits per heavy atom. The van der Waals surface area contributed by atoms with Gasteiger partial charge in [0.25, 0.3) is 5.91 Å². The minimum atomic E-state index is -0.212. The van der Waals surface area contributed by atoms with Crippen molar-refractivity contribution in [3.63, 3.8) is 0 Å². The molecule has 0 aliphatic heterocycles. The van der Waals surface area contributed by atoms with Crippen molar-refractivity contribution in [1.82, 2.24) is 9.38 Å². The van der Waals surface area contributed by atoms with Crippen molar-refractivity contribution >= 4 is 17.4 Å². The van der Waals surface area contributed by atoms with Crippen LogP contribution >= 0.6 is 0 Å². The van der Waals surface area contributed by atoms with Crippen molar-refractivity contribution in [2.24, 2.45) is 0 Å². The van der Waals surface area contributed by atoms with Gasteiger partial charge >= 0.3 is 0 Å². The molecule has 0 fully saturated rings. The van der Waals surface area contributed by atoms with Crippen molar-refractivity contribution in [2.45, 2.75) is 13.5 Å². The summed E-state index contributed by atoms with van der Waals surface area (Å²) in [5, 5.41) is 2.98. The number of rotatable bonds is 6. The lowest BCUT2D eigenvalue weighted by Gasteiger charge is -2.09. The highest BCUT2D eigenvalue weighted by molar-refractivity contribution is 5.95. The molecule has 0 unspecified atom stereocenters.